The lowest BCUT2D eigenvalue weighted by atomic mass is 10.2. The van der Waals surface area contributed by atoms with E-state index in [1.807, 2.05) is 48.5 Å². The zero-order valence-electron chi connectivity index (χ0n) is 12.7. The van der Waals surface area contributed by atoms with Crippen LogP contribution < -0.4 is 5.32 Å². The molecular weight excluding hydrogens is 288 g/mol. The summed E-state index contributed by atoms with van der Waals surface area (Å²) in [5.41, 5.74) is 3.04. The summed E-state index contributed by atoms with van der Waals surface area (Å²) in [7, 11) is 0. The molecule has 1 amide bonds. The highest BCUT2D eigenvalue weighted by molar-refractivity contribution is 5.89. The third kappa shape index (κ3) is 3.58. The lowest BCUT2D eigenvalue weighted by molar-refractivity contribution is -0.115. The third-order valence-corrected chi connectivity index (χ3v) is 3.28. The summed E-state index contributed by atoms with van der Waals surface area (Å²) >= 11 is 0. The fourth-order valence-electron chi connectivity index (χ4n) is 2.11. The summed E-state index contributed by atoms with van der Waals surface area (Å²) in [5, 5.41) is 2.76. The van der Waals surface area contributed by atoms with Gasteiger partial charge in [0.15, 0.2) is 0 Å². The first-order valence-electron chi connectivity index (χ1n) is 7.42. The molecule has 0 spiro atoms. The van der Waals surface area contributed by atoms with Crippen LogP contribution >= 0.6 is 0 Å². The van der Waals surface area contributed by atoms with E-state index in [0.717, 1.165) is 17.1 Å². The predicted molar refractivity (Wildman–Crippen MR) is 89.6 cm³/mol. The van der Waals surface area contributed by atoms with Crippen molar-refractivity contribution in [1.82, 2.24) is 15.0 Å². The molecule has 0 aliphatic heterocycles. The minimum atomic E-state index is -0.0650. The van der Waals surface area contributed by atoms with Crippen LogP contribution in [0, 0.1) is 0 Å². The third-order valence-electron chi connectivity index (χ3n) is 3.28. The Hall–Kier alpha value is -3.08. The number of anilines is 1. The number of pyridine rings is 3. The zero-order chi connectivity index (χ0) is 16.1. The highest BCUT2D eigenvalue weighted by Gasteiger charge is 2.07. The summed E-state index contributed by atoms with van der Waals surface area (Å²) in [5.74, 6) is 0.462. The average molecular weight is 304 g/mol. The largest absolute Gasteiger partial charge is 0.311 e. The van der Waals surface area contributed by atoms with Crippen LogP contribution in [0.2, 0.25) is 0 Å². The van der Waals surface area contributed by atoms with E-state index in [9.17, 15) is 4.79 Å². The fraction of sp³-hybridized carbons (Fsp3) is 0.111. The van der Waals surface area contributed by atoms with Gasteiger partial charge in [-0.3, -0.25) is 9.78 Å². The van der Waals surface area contributed by atoms with E-state index in [2.05, 4.69) is 20.3 Å². The van der Waals surface area contributed by atoms with Crippen molar-refractivity contribution in [2.75, 3.05) is 5.32 Å². The minimum Gasteiger partial charge on any atom is -0.311 e. The second kappa shape index (κ2) is 6.79. The van der Waals surface area contributed by atoms with Gasteiger partial charge in [0, 0.05) is 12.6 Å². The van der Waals surface area contributed by atoms with Gasteiger partial charge in [-0.05, 0) is 36.4 Å². The first-order chi connectivity index (χ1) is 11.3. The normalized spacial score (nSPS) is 10.3. The molecule has 3 aromatic rings. The first kappa shape index (κ1) is 14.8. The monoisotopic (exact) mass is 304 g/mol. The number of carbonyl (C=O) groups is 1. The van der Waals surface area contributed by atoms with Crippen LogP contribution in [-0.4, -0.2) is 20.9 Å². The average Bonchev–Trinajstić information content (AvgIpc) is 2.63. The van der Waals surface area contributed by atoms with Crippen LogP contribution in [0.1, 0.15) is 13.3 Å². The highest BCUT2D eigenvalue weighted by atomic mass is 16.1. The van der Waals surface area contributed by atoms with Gasteiger partial charge in [0.05, 0.1) is 22.8 Å². The Morgan fingerprint density at radius 1 is 0.870 bits per heavy atom. The topological polar surface area (TPSA) is 67.8 Å². The molecule has 0 saturated carbocycles. The van der Waals surface area contributed by atoms with Gasteiger partial charge in [0.1, 0.15) is 5.82 Å². The number of hydrogen-bond donors (Lipinski definition) is 1. The van der Waals surface area contributed by atoms with Gasteiger partial charge in [-0.2, -0.15) is 0 Å². The maximum absolute atomic E-state index is 11.5. The number of rotatable bonds is 4. The Morgan fingerprint density at radius 2 is 1.52 bits per heavy atom. The summed E-state index contributed by atoms with van der Waals surface area (Å²) in [6.07, 6.45) is 2.15. The molecule has 0 unspecified atom stereocenters. The molecule has 3 rings (SSSR count). The molecule has 0 saturated heterocycles. The van der Waals surface area contributed by atoms with Crippen molar-refractivity contribution in [2.24, 2.45) is 0 Å². The molecule has 3 heterocycles. The Morgan fingerprint density at radius 3 is 2.22 bits per heavy atom. The van der Waals surface area contributed by atoms with Crippen molar-refractivity contribution in [2.45, 2.75) is 13.3 Å². The highest BCUT2D eigenvalue weighted by Crippen LogP contribution is 2.21. The smallest absolute Gasteiger partial charge is 0.225 e. The van der Waals surface area contributed by atoms with Crippen molar-refractivity contribution < 1.29 is 4.79 Å². The second-order valence-electron chi connectivity index (χ2n) is 4.93. The lowest BCUT2D eigenvalue weighted by Crippen LogP contribution is -2.10. The molecular formula is C18H16N4O. The Balaban J connectivity index is 1.93. The standard InChI is InChI=1S/C18H16N4O/c1-2-18(23)22-17-11-6-10-16(21-17)15-9-5-8-14(20-15)13-7-3-4-12-19-13/h3-12H,2H2,1H3,(H,21,22,23). The van der Waals surface area contributed by atoms with E-state index in [4.69, 9.17) is 0 Å². The van der Waals surface area contributed by atoms with Crippen LogP contribution in [0.4, 0.5) is 5.82 Å². The van der Waals surface area contributed by atoms with Crippen LogP contribution in [0.15, 0.2) is 60.8 Å². The predicted octanol–water partition coefficient (Wildman–Crippen LogP) is 3.55. The molecule has 0 atom stereocenters. The zero-order valence-corrected chi connectivity index (χ0v) is 12.7. The molecule has 0 aromatic carbocycles. The van der Waals surface area contributed by atoms with E-state index in [1.165, 1.54) is 0 Å². The molecule has 3 aromatic heterocycles. The molecule has 0 aliphatic rings. The van der Waals surface area contributed by atoms with Crippen molar-refractivity contribution in [3.8, 4) is 22.8 Å². The van der Waals surface area contributed by atoms with E-state index >= 15 is 0 Å². The van der Waals surface area contributed by atoms with Gasteiger partial charge in [-0.1, -0.05) is 25.1 Å². The second-order valence-corrected chi connectivity index (χ2v) is 4.93. The van der Waals surface area contributed by atoms with Gasteiger partial charge < -0.3 is 5.32 Å². The fourth-order valence-corrected chi connectivity index (χ4v) is 2.11. The van der Waals surface area contributed by atoms with Gasteiger partial charge in [-0.25, -0.2) is 9.97 Å². The number of hydrogen-bond acceptors (Lipinski definition) is 4. The maximum atomic E-state index is 11.5. The van der Waals surface area contributed by atoms with Crippen LogP contribution in [0.3, 0.4) is 0 Å². The number of amides is 1. The molecule has 23 heavy (non-hydrogen) atoms. The van der Waals surface area contributed by atoms with Crippen molar-refractivity contribution in [3.63, 3.8) is 0 Å². The Labute approximate surface area is 134 Å². The first-order valence-corrected chi connectivity index (χ1v) is 7.42. The molecule has 5 heteroatoms. The van der Waals surface area contributed by atoms with Crippen molar-refractivity contribution in [3.05, 3.63) is 60.8 Å². The molecule has 0 radical (unpaired) electrons. The number of aromatic nitrogens is 3. The Bertz CT molecular complexity index is 818. The van der Waals surface area contributed by atoms with E-state index < -0.39 is 0 Å². The van der Waals surface area contributed by atoms with Crippen LogP contribution in [-0.2, 0) is 4.79 Å². The quantitative estimate of drug-likeness (QED) is 0.800. The maximum Gasteiger partial charge on any atom is 0.225 e. The van der Waals surface area contributed by atoms with Crippen molar-refractivity contribution >= 4 is 11.7 Å². The molecule has 1 N–H and O–H groups in total. The number of carbonyl (C=O) groups excluding carboxylic acids is 1. The van der Waals surface area contributed by atoms with Gasteiger partial charge in [-0.15, -0.1) is 0 Å². The van der Waals surface area contributed by atoms with Gasteiger partial charge in [0.25, 0.3) is 0 Å². The molecule has 114 valence electrons. The van der Waals surface area contributed by atoms with E-state index in [0.29, 0.717) is 17.9 Å². The van der Waals surface area contributed by atoms with Crippen LogP contribution in [0.5, 0.6) is 0 Å². The summed E-state index contributed by atoms with van der Waals surface area (Å²) < 4.78 is 0. The lowest BCUT2D eigenvalue weighted by Gasteiger charge is -2.07. The summed E-state index contributed by atoms with van der Waals surface area (Å²) in [6.45, 7) is 1.80. The molecule has 5 nitrogen and oxygen atoms in total. The summed E-state index contributed by atoms with van der Waals surface area (Å²) in [4.78, 5) is 24.9. The number of nitrogens with zero attached hydrogens (tertiary/aromatic N) is 3. The van der Waals surface area contributed by atoms with E-state index in [-0.39, 0.29) is 5.91 Å². The number of nitrogens with one attached hydrogen (secondary N) is 1. The van der Waals surface area contributed by atoms with Crippen molar-refractivity contribution in [1.29, 1.82) is 0 Å². The van der Waals surface area contributed by atoms with Gasteiger partial charge >= 0.3 is 0 Å². The van der Waals surface area contributed by atoms with E-state index in [1.54, 1.807) is 19.2 Å². The summed E-state index contributed by atoms with van der Waals surface area (Å²) in [6, 6.07) is 16.9. The molecule has 0 bridgehead atoms. The minimum absolute atomic E-state index is 0.0650. The van der Waals surface area contributed by atoms with Gasteiger partial charge in [0.2, 0.25) is 5.91 Å². The SMILES string of the molecule is CCC(=O)Nc1cccc(-c2cccc(-c3ccccn3)n2)n1. The molecule has 0 fully saturated rings. The molecule has 0 aliphatic carbocycles. The Kier molecular flexibility index (Phi) is 4.38. The van der Waals surface area contributed by atoms with Crippen LogP contribution in [0.25, 0.3) is 22.8 Å².